The average Bonchev–Trinajstić information content (AvgIpc) is 2.70. The Bertz CT molecular complexity index is 879. The van der Waals surface area contributed by atoms with Gasteiger partial charge in [0, 0.05) is 12.7 Å². The zero-order valence-electron chi connectivity index (χ0n) is 15.1. The second kappa shape index (κ2) is 10.4. The molecule has 134 valence electrons. The van der Waals surface area contributed by atoms with Gasteiger partial charge in [-0.05, 0) is 11.4 Å². The zero-order chi connectivity index (χ0) is 18.2. The van der Waals surface area contributed by atoms with Crippen LogP contribution in [0.25, 0.3) is 22.5 Å². The van der Waals surface area contributed by atoms with E-state index in [1.165, 1.54) is 0 Å². The third kappa shape index (κ3) is 6.17. The Balaban J connectivity index is 0.000000187. The molecule has 2 heterocycles. The molecule has 2 aromatic carbocycles. The van der Waals surface area contributed by atoms with Crippen LogP contribution in [0.3, 0.4) is 0 Å². The van der Waals surface area contributed by atoms with Crippen molar-refractivity contribution < 1.29 is 20.1 Å². The summed E-state index contributed by atoms with van der Waals surface area (Å²) in [6, 6.07) is 23.9. The molecule has 5 heteroatoms. The number of aryl methyl sites for hydroxylation is 2. The molecule has 0 unspecified atom stereocenters. The van der Waals surface area contributed by atoms with Crippen molar-refractivity contribution in [2.45, 2.75) is 13.8 Å². The fourth-order valence-corrected chi connectivity index (χ4v) is 2.35. The Morgan fingerprint density at radius 3 is 1.26 bits per heavy atom. The van der Waals surface area contributed by atoms with Gasteiger partial charge in [-0.1, -0.05) is 97.0 Å². The summed E-state index contributed by atoms with van der Waals surface area (Å²) in [6.45, 7) is 3.87. The summed E-state index contributed by atoms with van der Waals surface area (Å²) >= 11 is 0. The van der Waals surface area contributed by atoms with Gasteiger partial charge in [-0.3, -0.25) is 0 Å². The molecule has 4 nitrogen and oxygen atoms in total. The molecular formula is C22H18IrN4+. The average molecular weight is 531 g/mol. The van der Waals surface area contributed by atoms with Crippen LogP contribution in [-0.4, -0.2) is 19.9 Å². The Morgan fingerprint density at radius 2 is 0.926 bits per heavy atom. The van der Waals surface area contributed by atoms with Crippen molar-refractivity contribution in [2.75, 3.05) is 0 Å². The molecule has 0 bridgehead atoms. The van der Waals surface area contributed by atoms with Crippen LogP contribution < -0.4 is 0 Å². The van der Waals surface area contributed by atoms with Crippen LogP contribution in [0.15, 0.2) is 72.8 Å². The van der Waals surface area contributed by atoms with Gasteiger partial charge in [-0.2, -0.15) is 0 Å². The minimum absolute atomic E-state index is 0. The van der Waals surface area contributed by atoms with Crippen molar-refractivity contribution >= 4 is 0 Å². The molecule has 0 saturated heterocycles. The minimum atomic E-state index is 0. The maximum absolute atomic E-state index is 4.07. The molecule has 0 aliphatic carbocycles. The first kappa shape index (κ1) is 20.6. The van der Waals surface area contributed by atoms with Crippen LogP contribution in [0.5, 0.6) is 0 Å². The molecule has 0 saturated carbocycles. The first-order valence-electron chi connectivity index (χ1n) is 8.26. The number of hydrogen-bond donors (Lipinski definition) is 0. The molecule has 4 aromatic rings. The molecule has 0 radical (unpaired) electrons. The molecule has 2 aromatic heterocycles. The molecule has 0 aliphatic heterocycles. The van der Waals surface area contributed by atoms with E-state index in [-0.39, 0.29) is 20.1 Å². The summed E-state index contributed by atoms with van der Waals surface area (Å²) in [5.41, 5.74) is 5.93. The van der Waals surface area contributed by atoms with Crippen LogP contribution in [0.4, 0.5) is 0 Å². The number of aromatic nitrogens is 4. The third-order valence-electron chi connectivity index (χ3n) is 3.62. The van der Waals surface area contributed by atoms with Crippen LogP contribution in [0.2, 0.25) is 0 Å². The fraction of sp³-hybridized carbons (Fsp3) is 0.0909. The summed E-state index contributed by atoms with van der Waals surface area (Å²) in [5.74, 6) is 0. The Morgan fingerprint density at radius 1 is 0.556 bits per heavy atom. The van der Waals surface area contributed by atoms with E-state index in [9.17, 15) is 0 Å². The molecule has 0 atom stereocenters. The first-order chi connectivity index (χ1) is 12.7. The number of benzene rings is 2. The molecular weight excluding hydrogens is 512 g/mol. The van der Waals surface area contributed by atoms with Gasteiger partial charge >= 0.3 is 20.1 Å². The molecule has 0 amide bonds. The molecule has 4 rings (SSSR count). The van der Waals surface area contributed by atoms with Gasteiger partial charge in [-0.15, -0.1) is 12.1 Å². The van der Waals surface area contributed by atoms with Crippen LogP contribution in [-0.2, 0) is 20.1 Å². The standard InChI is InChI=1S/2C11H9N2.Ir/c2*1-9-7-11(13-8-12-9)10-5-3-2-4-6-10;/h2*2-7H,1H3;/q2*-1;+3. The summed E-state index contributed by atoms with van der Waals surface area (Å²) in [5, 5.41) is 0. The SMILES string of the molecule is Cc1cc(-c2ccccc2)n[c-]n1.Cc1cc(-c2ccccc2)n[c-]n1.[Ir+3]. The smallest absolute Gasteiger partial charge is 0.371 e. The fourth-order valence-electron chi connectivity index (χ4n) is 2.35. The summed E-state index contributed by atoms with van der Waals surface area (Å²) in [7, 11) is 0. The van der Waals surface area contributed by atoms with E-state index in [1.807, 2.05) is 86.6 Å². The molecule has 0 aliphatic rings. The normalized spacial score (nSPS) is 9.56. The van der Waals surface area contributed by atoms with E-state index in [4.69, 9.17) is 0 Å². The topological polar surface area (TPSA) is 51.6 Å². The van der Waals surface area contributed by atoms with Crippen molar-refractivity contribution in [1.29, 1.82) is 0 Å². The molecule has 0 N–H and O–H groups in total. The maximum atomic E-state index is 4.07. The molecule has 27 heavy (non-hydrogen) atoms. The van der Waals surface area contributed by atoms with E-state index in [0.717, 1.165) is 33.9 Å². The van der Waals surface area contributed by atoms with Crippen molar-refractivity contribution in [1.82, 2.24) is 19.9 Å². The van der Waals surface area contributed by atoms with Gasteiger partial charge in [0.15, 0.2) is 0 Å². The summed E-state index contributed by atoms with van der Waals surface area (Å²) in [6.07, 6.45) is 5.26. The van der Waals surface area contributed by atoms with Crippen molar-refractivity contribution in [3.8, 4) is 22.5 Å². The maximum Gasteiger partial charge on any atom is 3.00 e. The largest absolute Gasteiger partial charge is 3.00 e. The summed E-state index contributed by atoms with van der Waals surface area (Å²) in [4.78, 5) is 16.0. The number of rotatable bonds is 2. The molecule has 0 spiro atoms. The van der Waals surface area contributed by atoms with Gasteiger partial charge in [0.2, 0.25) is 0 Å². The summed E-state index contributed by atoms with van der Waals surface area (Å²) < 4.78 is 0. The van der Waals surface area contributed by atoms with Crippen molar-refractivity contribution in [2.24, 2.45) is 0 Å². The van der Waals surface area contributed by atoms with Crippen LogP contribution in [0.1, 0.15) is 11.4 Å². The predicted octanol–water partition coefficient (Wildman–Crippen LogP) is 4.50. The Hall–Kier alpha value is -2.75. The van der Waals surface area contributed by atoms with Gasteiger partial charge in [0.25, 0.3) is 0 Å². The first-order valence-corrected chi connectivity index (χ1v) is 8.26. The quantitative estimate of drug-likeness (QED) is 0.358. The number of nitrogens with zero attached hydrogens (tertiary/aromatic N) is 4. The van der Waals surface area contributed by atoms with Crippen molar-refractivity contribution in [3.63, 3.8) is 0 Å². The van der Waals surface area contributed by atoms with Crippen molar-refractivity contribution in [3.05, 3.63) is 96.8 Å². The predicted molar refractivity (Wildman–Crippen MR) is 102 cm³/mol. The van der Waals surface area contributed by atoms with Gasteiger partial charge in [-0.25, -0.2) is 0 Å². The van der Waals surface area contributed by atoms with Gasteiger partial charge in [0.05, 0.1) is 0 Å². The van der Waals surface area contributed by atoms with E-state index >= 15 is 0 Å². The monoisotopic (exact) mass is 531 g/mol. The number of hydrogen-bond acceptors (Lipinski definition) is 4. The minimum Gasteiger partial charge on any atom is -0.371 e. The second-order valence-electron chi connectivity index (χ2n) is 5.72. The zero-order valence-corrected chi connectivity index (χ0v) is 17.4. The van der Waals surface area contributed by atoms with Crippen LogP contribution >= 0.6 is 0 Å². The van der Waals surface area contributed by atoms with Gasteiger partial charge in [0.1, 0.15) is 0 Å². The van der Waals surface area contributed by atoms with E-state index in [1.54, 1.807) is 0 Å². The van der Waals surface area contributed by atoms with E-state index < -0.39 is 0 Å². The Kier molecular flexibility index (Phi) is 7.93. The molecule has 0 fully saturated rings. The van der Waals surface area contributed by atoms with Crippen LogP contribution in [0, 0.1) is 26.5 Å². The van der Waals surface area contributed by atoms with E-state index in [2.05, 4.69) is 32.6 Å². The third-order valence-corrected chi connectivity index (χ3v) is 3.62. The Labute approximate surface area is 173 Å². The van der Waals surface area contributed by atoms with Gasteiger partial charge < -0.3 is 19.9 Å². The second-order valence-corrected chi connectivity index (χ2v) is 5.72. The van der Waals surface area contributed by atoms with E-state index in [0.29, 0.717) is 0 Å².